The molecule has 3 aromatic rings. The molecule has 0 saturated heterocycles. The van der Waals surface area contributed by atoms with Crippen molar-refractivity contribution in [3.05, 3.63) is 101 Å². The van der Waals surface area contributed by atoms with E-state index >= 15 is 0 Å². The molecule has 2 amide bonds. The molecule has 0 saturated carbocycles. The molecule has 1 atom stereocenters. The summed E-state index contributed by atoms with van der Waals surface area (Å²) in [5.74, 6) is -1.38. The van der Waals surface area contributed by atoms with Crippen LogP contribution in [0.2, 0.25) is 5.02 Å². The number of amides is 2. The van der Waals surface area contributed by atoms with E-state index in [1.807, 2.05) is 37.3 Å². The van der Waals surface area contributed by atoms with Crippen molar-refractivity contribution < 1.29 is 22.4 Å². The molecular formula is C28H31ClFN3O4S. The summed E-state index contributed by atoms with van der Waals surface area (Å²) in [6.45, 7) is 1.76. The highest BCUT2D eigenvalue weighted by atomic mass is 35.5. The van der Waals surface area contributed by atoms with Crippen LogP contribution in [0.1, 0.15) is 24.5 Å². The summed E-state index contributed by atoms with van der Waals surface area (Å²) in [5.41, 5.74) is 1.65. The third-order valence-corrected chi connectivity index (χ3v) is 7.24. The number of nitrogens with zero attached hydrogens (tertiary/aromatic N) is 2. The average Bonchev–Trinajstić information content (AvgIpc) is 2.88. The van der Waals surface area contributed by atoms with E-state index in [-0.39, 0.29) is 24.6 Å². The summed E-state index contributed by atoms with van der Waals surface area (Å²) < 4.78 is 40.0. The van der Waals surface area contributed by atoms with Gasteiger partial charge in [0.15, 0.2) is 0 Å². The van der Waals surface area contributed by atoms with Gasteiger partial charge in [-0.1, -0.05) is 67.1 Å². The predicted molar refractivity (Wildman–Crippen MR) is 148 cm³/mol. The lowest BCUT2D eigenvalue weighted by atomic mass is 10.0. The Bertz CT molecular complexity index is 1340. The van der Waals surface area contributed by atoms with Gasteiger partial charge >= 0.3 is 0 Å². The summed E-state index contributed by atoms with van der Waals surface area (Å²) in [6.07, 6.45) is 1.91. The van der Waals surface area contributed by atoms with E-state index in [4.69, 9.17) is 11.6 Å². The molecule has 38 heavy (non-hydrogen) atoms. The fourth-order valence-corrected chi connectivity index (χ4v) is 4.98. The maximum absolute atomic E-state index is 13.9. The Morgan fingerprint density at radius 3 is 2.26 bits per heavy atom. The molecule has 10 heteroatoms. The van der Waals surface area contributed by atoms with Crippen LogP contribution >= 0.6 is 11.6 Å². The first-order valence-electron chi connectivity index (χ1n) is 12.2. The van der Waals surface area contributed by atoms with Crippen LogP contribution in [0.25, 0.3) is 0 Å². The van der Waals surface area contributed by atoms with E-state index in [9.17, 15) is 22.4 Å². The molecule has 0 aliphatic heterocycles. The fraction of sp³-hybridized carbons (Fsp3) is 0.286. The Hall–Kier alpha value is -3.43. The number of hydrogen-bond acceptors (Lipinski definition) is 4. The van der Waals surface area contributed by atoms with E-state index in [0.717, 1.165) is 16.1 Å². The van der Waals surface area contributed by atoms with Gasteiger partial charge in [0.25, 0.3) is 0 Å². The zero-order chi connectivity index (χ0) is 27.7. The number of halogens is 2. The molecule has 0 aromatic heterocycles. The molecule has 0 radical (unpaired) electrons. The van der Waals surface area contributed by atoms with Gasteiger partial charge in [0.05, 0.1) is 11.9 Å². The number of rotatable bonds is 12. The molecule has 202 valence electrons. The van der Waals surface area contributed by atoms with Gasteiger partial charge in [0, 0.05) is 24.5 Å². The van der Waals surface area contributed by atoms with Crippen molar-refractivity contribution in [1.82, 2.24) is 10.2 Å². The van der Waals surface area contributed by atoms with Crippen molar-refractivity contribution >= 4 is 39.1 Å². The minimum absolute atomic E-state index is 0.0245. The largest absolute Gasteiger partial charge is 0.354 e. The minimum Gasteiger partial charge on any atom is -0.354 e. The van der Waals surface area contributed by atoms with E-state index in [2.05, 4.69) is 5.32 Å². The molecule has 0 aliphatic rings. The monoisotopic (exact) mass is 559 g/mol. The van der Waals surface area contributed by atoms with E-state index in [1.54, 1.807) is 18.2 Å². The first-order chi connectivity index (χ1) is 18.1. The van der Waals surface area contributed by atoms with E-state index in [1.165, 1.54) is 35.2 Å². The van der Waals surface area contributed by atoms with Crippen molar-refractivity contribution in [2.24, 2.45) is 0 Å². The van der Waals surface area contributed by atoms with Crippen LogP contribution in [0, 0.1) is 5.82 Å². The average molecular weight is 560 g/mol. The number of anilines is 1. The van der Waals surface area contributed by atoms with E-state index in [0.29, 0.717) is 23.6 Å². The summed E-state index contributed by atoms with van der Waals surface area (Å²) in [6, 6.07) is 20.1. The molecule has 1 N–H and O–H groups in total. The summed E-state index contributed by atoms with van der Waals surface area (Å²) in [5, 5.41) is 3.18. The lowest BCUT2D eigenvalue weighted by molar-refractivity contribution is -0.140. The molecule has 0 unspecified atom stereocenters. The normalized spacial score (nSPS) is 12.0. The van der Waals surface area contributed by atoms with Gasteiger partial charge in [-0.15, -0.1) is 0 Å². The molecule has 0 bridgehead atoms. The molecular weight excluding hydrogens is 529 g/mol. The number of sulfonamides is 1. The molecule has 7 nitrogen and oxygen atoms in total. The SMILES string of the molecule is CCCNC(=O)[C@@H](Cc1ccccc1)N(Cc1ccc(F)cc1)C(=O)CN(c1cccc(Cl)c1)S(C)(=O)=O. The Morgan fingerprint density at radius 1 is 0.974 bits per heavy atom. The molecule has 0 heterocycles. The van der Waals surface area contributed by atoms with Crippen molar-refractivity contribution in [3.63, 3.8) is 0 Å². The van der Waals surface area contributed by atoms with Crippen LogP contribution in [0.3, 0.4) is 0 Å². The number of nitrogens with one attached hydrogen (secondary N) is 1. The Morgan fingerprint density at radius 2 is 1.66 bits per heavy atom. The predicted octanol–water partition coefficient (Wildman–Crippen LogP) is 4.41. The first-order valence-corrected chi connectivity index (χ1v) is 14.4. The summed E-state index contributed by atoms with van der Waals surface area (Å²) in [7, 11) is -3.88. The third-order valence-electron chi connectivity index (χ3n) is 5.86. The lowest BCUT2D eigenvalue weighted by Crippen LogP contribution is -2.53. The second-order valence-electron chi connectivity index (χ2n) is 8.89. The minimum atomic E-state index is -3.88. The van der Waals surface area contributed by atoms with Gasteiger partial charge in [-0.25, -0.2) is 12.8 Å². The van der Waals surface area contributed by atoms with Crippen LogP contribution in [-0.4, -0.2) is 50.5 Å². The zero-order valence-electron chi connectivity index (χ0n) is 21.3. The third kappa shape index (κ3) is 8.29. The molecule has 0 aliphatic carbocycles. The fourth-order valence-electron chi connectivity index (χ4n) is 3.95. The highest BCUT2D eigenvalue weighted by molar-refractivity contribution is 7.92. The molecule has 3 aromatic carbocycles. The first kappa shape index (κ1) is 29.1. The zero-order valence-corrected chi connectivity index (χ0v) is 22.9. The highest BCUT2D eigenvalue weighted by Gasteiger charge is 2.33. The maximum atomic E-state index is 13.9. The Kier molecular flexibility index (Phi) is 10.3. The van der Waals surface area contributed by atoms with Gasteiger partial charge in [-0.2, -0.15) is 0 Å². The van der Waals surface area contributed by atoms with Crippen LogP contribution in [-0.2, 0) is 32.6 Å². The van der Waals surface area contributed by atoms with Gasteiger partial charge in [0.1, 0.15) is 18.4 Å². The van der Waals surface area contributed by atoms with Crippen LogP contribution in [0.5, 0.6) is 0 Å². The number of carbonyl (C=O) groups is 2. The van der Waals surface area contributed by atoms with Gasteiger partial charge in [0.2, 0.25) is 21.8 Å². The van der Waals surface area contributed by atoms with Crippen LogP contribution in [0.15, 0.2) is 78.9 Å². The topological polar surface area (TPSA) is 86.8 Å². The quantitative estimate of drug-likeness (QED) is 0.356. The molecule has 0 fully saturated rings. The Balaban J connectivity index is 2.03. The van der Waals surface area contributed by atoms with Gasteiger partial charge < -0.3 is 10.2 Å². The van der Waals surface area contributed by atoms with Gasteiger partial charge in [-0.3, -0.25) is 13.9 Å². The molecule has 3 rings (SSSR count). The van der Waals surface area contributed by atoms with Gasteiger partial charge in [-0.05, 0) is 47.9 Å². The molecule has 0 spiro atoms. The van der Waals surface area contributed by atoms with Crippen LogP contribution < -0.4 is 9.62 Å². The number of hydrogen-bond donors (Lipinski definition) is 1. The van der Waals surface area contributed by atoms with Crippen molar-refractivity contribution in [3.8, 4) is 0 Å². The second kappa shape index (κ2) is 13.4. The Labute approximate surface area is 228 Å². The van der Waals surface area contributed by atoms with Crippen molar-refractivity contribution in [1.29, 1.82) is 0 Å². The maximum Gasteiger partial charge on any atom is 0.244 e. The standard InChI is InChI=1S/C28H31ClFN3O4S/c1-3-16-31-28(35)26(17-21-8-5-4-6-9-21)32(19-22-12-14-24(30)15-13-22)27(34)20-33(38(2,36)37)25-11-7-10-23(29)18-25/h4-15,18,26H,3,16-17,19-20H2,1-2H3,(H,31,35)/t26-/m1/s1. The highest BCUT2D eigenvalue weighted by Crippen LogP contribution is 2.23. The van der Waals surface area contributed by atoms with E-state index < -0.39 is 34.3 Å². The van der Waals surface area contributed by atoms with Crippen molar-refractivity contribution in [2.75, 3.05) is 23.7 Å². The van der Waals surface area contributed by atoms with Crippen LogP contribution in [0.4, 0.5) is 10.1 Å². The second-order valence-corrected chi connectivity index (χ2v) is 11.2. The lowest BCUT2D eigenvalue weighted by Gasteiger charge is -2.33. The number of benzene rings is 3. The number of carbonyl (C=O) groups excluding carboxylic acids is 2. The summed E-state index contributed by atoms with van der Waals surface area (Å²) in [4.78, 5) is 28.6. The van der Waals surface area contributed by atoms with Crippen molar-refractivity contribution in [2.45, 2.75) is 32.4 Å². The summed E-state index contributed by atoms with van der Waals surface area (Å²) >= 11 is 6.09. The smallest absolute Gasteiger partial charge is 0.244 e.